The van der Waals surface area contributed by atoms with Gasteiger partial charge in [-0.05, 0) is 39.8 Å². The van der Waals surface area contributed by atoms with Crippen molar-refractivity contribution in [1.82, 2.24) is 4.90 Å². The van der Waals surface area contributed by atoms with Crippen LogP contribution in [0.2, 0.25) is 0 Å². The van der Waals surface area contributed by atoms with E-state index in [1.807, 2.05) is 13.8 Å². The molecule has 1 aliphatic heterocycles. The van der Waals surface area contributed by atoms with Crippen LogP contribution in [-0.4, -0.2) is 43.7 Å². The van der Waals surface area contributed by atoms with Crippen LogP contribution in [0.15, 0.2) is 11.8 Å². The molecule has 1 heterocycles. The van der Waals surface area contributed by atoms with Gasteiger partial charge in [-0.25, -0.2) is 4.79 Å². The first-order valence-electron chi connectivity index (χ1n) is 6.48. The van der Waals surface area contributed by atoms with Crippen molar-refractivity contribution >= 4 is 5.97 Å². The standard InChI is InChI=1S/C13H23NO3/c1-3-16-11-12(13(15)17-4-2)10-14-8-6-5-7-9-14/h11H,3-10H2,1-2H3. The maximum Gasteiger partial charge on any atom is 0.338 e. The van der Waals surface area contributed by atoms with Crippen molar-refractivity contribution in [3.05, 3.63) is 11.8 Å². The molecule has 0 aromatic rings. The average Bonchev–Trinajstić information content (AvgIpc) is 2.36. The molecule has 1 saturated heterocycles. The minimum absolute atomic E-state index is 0.258. The molecule has 98 valence electrons. The van der Waals surface area contributed by atoms with E-state index in [4.69, 9.17) is 9.47 Å². The molecular weight excluding hydrogens is 218 g/mol. The van der Waals surface area contributed by atoms with Gasteiger partial charge in [-0.15, -0.1) is 0 Å². The average molecular weight is 241 g/mol. The second kappa shape index (κ2) is 8.12. The van der Waals surface area contributed by atoms with Crippen molar-refractivity contribution in [2.45, 2.75) is 33.1 Å². The maximum absolute atomic E-state index is 11.7. The molecule has 0 atom stereocenters. The van der Waals surface area contributed by atoms with Crippen molar-refractivity contribution < 1.29 is 14.3 Å². The van der Waals surface area contributed by atoms with Gasteiger partial charge in [0.05, 0.1) is 25.0 Å². The number of esters is 1. The Kier molecular flexibility index (Phi) is 6.70. The molecular formula is C13H23NO3. The highest BCUT2D eigenvalue weighted by molar-refractivity contribution is 5.88. The highest BCUT2D eigenvalue weighted by Gasteiger charge is 2.17. The lowest BCUT2D eigenvalue weighted by molar-refractivity contribution is -0.139. The quantitative estimate of drug-likeness (QED) is 0.405. The predicted molar refractivity (Wildman–Crippen MR) is 66.6 cm³/mol. The van der Waals surface area contributed by atoms with Crippen molar-refractivity contribution in [2.24, 2.45) is 0 Å². The highest BCUT2D eigenvalue weighted by atomic mass is 16.5. The van der Waals surface area contributed by atoms with E-state index in [1.165, 1.54) is 19.3 Å². The Balaban J connectivity index is 2.52. The van der Waals surface area contributed by atoms with E-state index in [9.17, 15) is 4.79 Å². The van der Waals surface area contributed by atoms with Crippen LogP contribution in [-0.2, 0) is 14.3 Å². The highest BCUT2D eigenvalue weighted by Crippen LogP contribution is 2.11. The SMILES string of the molecule is CCOC=C(CN1CCCCC1)C(=O)OCC. The van der Waals surface area contributed by atoms with E-state index in [1.54, 1.807) is 6.26 Å². The lowest BCUT2D eigenvalue weighted by atomic mass is 10.1. The summed E-state index contributed by atoms with van der Waals surface area (Å²) in [6, 6.07) is 0. The van der Waals surface area contributed by atoms with E-state index in [0.717, 1.165) is 13.1 Å². The molecule has 0 bridgehead atoms. The van der Waals surface area contributed by atoms with Gasteiger partial charge in [0.25, 0.3) is 0 Å². The first kappa shape index (κ1) is 14.0. The smallest absolute Gasteiger partial charge is 0.338 e. The van der Waals surface area contributed by atoms with Gasteiger partial charge in [0.15, 0.2) is 0 Å². The van der Waals surface area contributed by atoms with Crippen LogP contribution in [0.25, 0.3) is 0 Å². The second-order valence-electron chi connectivity index (χ2n) is 4.16. The van der Waals surface area contributed by atoms with Gasteiger partial charge in [-0.2, -0.15) is 0 Å². The number of rotatable bonds is 6. The normalized spacial score (nSPS) is 17.9. The third-order valence-corrected chi connectivity index (χ3v) is 2.77. The number of carbonyl (C=O) groups is 1. The Hall–Kier alpha value is -1.03. The van der Waals surface area contributed by atoms with E-state index < -0.39 is 0 Å². The third-order valence-electron chi connectivity index (χ3n) is 2.77. The number of nitrogens with zero attached hydrogens (tertiary/aromatic N) is 1. The molecule has 17 heavy (non-hydrogen) atoms. The molecule has 4 heteroatoms. The fourth-order valence-corrected chi connectivity index (χ4v) is 1.92. The second-order valence-corrected chi connectivity index (χ2v) is 4.16. The van der Waals surface area contributed by atoms with Crippen LogP contribution < -0.4 is 0 Å². The predicted octanol–water partition coefficient (Wildman–Crippen LogP) is 1.96. The number of piperidine rings is 1. The zero-order chi connectivity index (χ0) is 12.5. The summed E-state index contributed by atoms with van der Waals surface area (Å²) in [6.45, 7) is 7.45. The minimum Gasteiger partial charge on any atom is -0.501 e. The molecule has 0 radical (unpaired) electrons. The summed E-state index contributed by atoms with van der Waals surface area (Å²) in [5.74, 6) is -0.258. The first-order chi connectivity index (χ1) is 8.27. The van der Waals surface area contributed by atoms with Crippen LogP contribution in [0.1, 0.15) is 33.1 Å². The van der Waals surface area contributed by atoms with Gasteiger partial charge in [0, 0.05) is 6.54 Å². The molecule has 0 N–H and O–H groups in total. The lowest BCUT2D eigenvalue weighted by Crippen LogP contribution is -2.33. The van der Waals surface area contributed by atoms with Crippen LogP contribution in [0.4, 0.5) is 0 Å². The van der Waals surface area contributed by atoms with Gasteiger partial charge < -0.3 is 9.47 Å². The molecule has 0 aromatic carbocycles. The van der Waals surface area contributed by atoms with Crippen LogP contribution in [0, 0.1) is 0 Å². The Morgan fingerprint density at radius 3 is 2.47 bits per heavy atom. The number of ether oxygens (including phenoxy) is 2. The molecule has 0 spiro atoms. The molecule has 1 fully saturated rings. The summed E-state index contributed by atoms with van der Waals surface area (Å²) in [6.07, 6.45) is 5.27. The molecule has 0 unspecified atom stereocenters. The van der Waals surface area contributed by atoms with E-state index >= 15 is 0 Å². The van der Waals surface area contributed by atoms with Gasteiger partial charge in [-0.3, -0.25) is 4.90 Å². The van der Waals surface area contributed by atoms with Gasteiger partial charge in [0.1, 0.15) is 0 Å². The topological polar surface area (TPSA) is 38.8 Å². The Morgan fingerprint density at radius 1 is 1.18 bits per heavy atom. The molecule has 0 aromatic heterocycles. The number of carbonyl (C=O) groups excluding carboxylic acids is 1. The number of hydrogen-bond donors (Lipinski definition) is 0. The summed E-state index contributed by atoms with van der Waals surface area (Å²) < 4.78 is 10.2. The largest absolute Gasteiger partial charge is 0.501 e. The molecule has 4 nitrogen and oxygen atoms in total. The van der Waals surface area contributed by atoms with E-state index in [2.05, 4.69) is 4.90 Å². The molecule has 0 amide bonds. The van der Waals surface area contributed by atoms with E-state index in [0.29, 0.717) is 25.3 Å². The van der Waals surface area contributed by atoms with Crippen LogP contribution in [0.3, 0.4) is 0 Å². The maximum atomic E-state index is 11.7. The Labute approximate surface area is 104 Å². The molecule has 1 rings (SSSR count). The molecule has 0 aliphatic carbocycles. The summed E-state index contributed by atoms with van der Waals surface area (Å²) in [7, 11) is 0. The molecule has 0 saturated carbocycles. The van der Waals surface area contributed by atoms with Crippen LogP contribution >= 0.6 is 0 Å². The lowest BCUT2D eigenvalue weighted by Gasteiger charge is -2.26. The zero-order valence-corrected chi connectivity index (χ0v) is 10.9. The fraction of sp³-hybridized carbons (Fsp3) is 0.769. The van der Waals surface area contributed by atoms with Crippen molar-refractivity contribution in [3.8, 4) is 0 Å². The van der Waals surface area contributed by atoms with Crippen molar-refractivity contribution in [3.63, 3.8) is 0 Å². The summed E-state index contributed by atoms with van der Waals surface area (Å²) >= 11 is 0. The van der Waals surface area contributed by atoms with Crippen molar-refractivity contribution in [2.75, 3.05) is 32.8 Å². The number of likely N-dealkylation sites (tertiary alicyclic amines) is 1. The Morgan fingerprint density at radius 2 is 1.88 bits per heavy atom. The van der Waals surface area contributed by atoms with E-state index in [-0.39, 0.29) is 5.97 Å². The van der Waals surface area contributed by atoms with Gasteiger partial charge in [-0.1, -0.05) is 6.42 Å². The first-order valence-corrected chi connectivity index (χ1v) is 6.48. The van der Waals surface area contributed by atoms with Gasteiger partial charge in [0.2, 0.25) is 0 Å². The Bertz CT molecular complexity index is 257. The summed E-state index contributed by atoms with van der Waals surface area (Å²) in [5, 5.41) is 0. The van der Waals surface area contributed by atoms with Crippen molar-refractivity contribution in [1.29, 1.82) is 0 Å². The monoisotopic (exact) mass is 241 g/mol. The fourth-order valence-electron chi connectivity index (χ4n) is 1.92. The summed E-state index contributed by atoms with van der Waals surface area (Å²) in [5.41, 5.74) is 0.621. The zero-order valence-electron chi connectivity index (χ0n) is 10.9. The van der Waals surface area contributed by atoms with Crippen LogP contribution in [0.5, 0.6) is 0 Å². The summed E-state index contributed by atoms with van der Waals surface area (Å²) in [4.78, 5) is 14.0. The number of hydrogen-bond acceptors (Lipinski definition) is 4. The van der Waals surface area contributed by atoms with Gasteiger partial charge >= 0.3 is 5.97 Å². The third kappa shape index (κ3) is 5.22. The minimum atomic E-state index is -0.258. The molecule has 1 aliphatic rings.